The molecule has 7 nitrogen and oxygen atoms in total. The summed E-state index contributed by atoms with van der Waals surface area (Å²) in [5, 5.41) is 3.98. The van der Waals surface area contributed by atoms with Crippen LogP contribution in [-0.2, 0) is 32.6 Å². The number of sulfonamides is 1. The molecule has 0 aliphatic heterocycles. The molecule has 0 saturated heterocycles. The van der Waals surface area contributed by atoms with E-state index >= 15 is 0 Å². The van der Waals surface area contributed by atoms with Crippen molar-refractivity contribution in [1.29, 1.82) is 0 Å². The maximum Gasteiger partial charge on any atom is 0.244 e. The molecular weight excluding hydrogens is 628 g/mol. The minimum atomic E-state index is -4.00. The predicted octanol–water partition coefficient (Wildman–Crippen LogP) is 6.62. The summed E-state index contributed by atoms with van der Waals surface area (Å²) in [7, 11) is -4.00. The van der Waals surface area contributed by atoms with Crippen molar-refractivity contribution in [3.63, 3.8) is 0 Å². The van der Waals surface area contributed by atoms with Crippen LogP contribution in [0.3, 0.4) is 0 Å². The number of carbonyl (C=O) groups excluding carboxylic acids is 2. The maximum absolute atomic E-state index is 14.1. The van der Waals surface area contributed by atoms with Crippen LogP contribution in [0.15, 0.2) is 66.7 Å². The Labute approximate surface area is 261 Å². The molecule has 1 N–H and O–H groups in total. The Hall–Kier alpha value is -2.49. The van der Waals surface area contributed by atoms with Gasteiger partial charge in [-0.1, -0.05) is 96.1 Å². The topological polar surface area (TPSA) is 86.8 Å². The van der Waals surface area contributed by atoms with E-state index in [2.05, 4.69) is 5.32 Å². The zero-order valence-electron chi connectivity index (χ0n) is 22.6. The highest BCUT2D eigenvalue weighted by Gasteiger charge is 2.33. The van der Waals surface area contributed by atoms with Gasteiger partial charge >= 0.3 is 0 Å². The summed E-state index contributed by atoms with van der Waals surface area (Å²) >= 11 is 25.0. The minimum absolute atomic E-state index is 0.0477. The van der Waals surface area contributed by atoms with Crippen LogP contribution >= 0.6 is 46.4 Å². The first-order valence-corrected chi connectivity index (χ1v) is 16.2. The summed E-state index contributed by atoms with van der Waals surface area (Å²) < 4.78 is 26.7. The Morgan fingerprint density at radius 2 is 1.56 bits per heavy atom. The number of rotatable bonds is 13. The van der Waals surface area contributed by atoms with Crippen LogP contribution in [0, 0.1) is 0 Å². The van der Waals surface area contributed by atoms with Crippen LogP contribution < -0.4 is 9.62 Å². The van der Waals surface area contributed by atoms with Crippen LogP contribution in [-0.4, -0.2) is 50.5 Å². The second kappa shape index (κ2) is 15.1. The first-order valence-electron chi connectivity index (χ1n) is 12.9. The van der Waals surface area contributed by atoms with E-state index in [9.17, 15) is 18.0 Å². The number of nitrogens with zero attached hydrogens (tertiary/aromatic N) is 2. The second-order valence-electron chi connectivity index (χ2n) is 9.47. The number of anilines is 1. The summed E-state index contributed by atoms with van der Waals surface area (Å²) in [6.45, 7) is 1.73. The molecule has 0 saturated carbocycles. The molecule has 220 valence electrons. The molecule has 0 heterocycles. The van der Waals surface area contributed by atoms with Crippen LogP contribution in [0.5, 0.6) is 0 Å². The van der Waals surface area contributed by atoms with E-state index in [0.29, 0.717) is 22.2 Å². The molecular formula is C29H31Cl4N3O4S. The van der Waals surface area contributed by atoms with Gasteiger partial charge in [0.2, 0.25) is 21.8 Å². The highest BCUT2D eigenvalue weighted by atomic mass is 35.5. The summed E-state index contributed by atoms with van der Waals surface area (Å²) in [5.41, 5.74) is 1.41. The zero-order valence-corrected chi connectivity index (χ0v) is 26.5. The fourth-order valence-electron chi connectivity index (χ4n) is 4.17. The Bertz CT molecular complexity index is 1470. The molecule has 1 atom stereocenters. The second-order valence-corrected chi connectivity index (χ2v) is 13.1. The lowest BCUT2D eigenvalue weighted by Gasteiger charge is -2.34. The normalized spacial score (nSPS) is 12.0. The summed E-state index contributed by atoms with van der Waals surface area (Å²) in [6, 6.07) is 17.5. The molecule has 0 bridgehead atoms. The number of halogens is 4. The molecule has 0 spiro atoms. The number of amides is 2. The van der Waals surface area contributed by atoms with Gasteiger partial charge < -0.3 is 10.2 Å². The molecule has 0 aliphatic carbocycles. The molecule has 0 fully saturated rings. The van der Waals surface area contributed by atoms with Gasteiger partial charge in [-0.2, -0.15) is 0 Å². The van der Waals surface area contributed by atoms with E-state index in [1.54, 1.807) is 18.2 Å². The van der Waals surface area contributed by atoms with Gasteiger partial charge in [0.25, 0.3) is 0 Å². The lowest BCUT2D eigenvalue weighted by Crippen LogP contribution is -2.53. The third kappa shape index (κ3) is 9.51. The molecule has 12 heteroatoms. The third-order valence-electron chi connectivity index (χ3n) is 6.31. The molecule has 41 heavy (non-hydrogen) atoms. The Balaban J connectivity index is 2.09. The van der Waals surface area contributed by atoms with E-state index in [1.165, 1.54) is 23.1 Å². The van der Waals surface area contributed by atoms with Gasteiger partial charge in [-0.25, -0.2) is 8.42 Å². The van der Waals surface area contributed by atoms with E-state index in [4.69, 9.17) is 46.4 Å². The van der Waals surface area contributed by atoms with E-state index in [-0.39, 0.29) is 34.6 Å². The minimum Gasteiger partial charge on any atom is -0.354 e. The standard InChI is InChI=1S/C29H31Cl4N3O4S/c1-3-4-14-34-29(38)27(15-20-8-6-5-7-9-20)35(18-21-10-11-22(30)16-25(21)33)28(37)19-36(41(2,39)40)26-17-23(31)12-13-24(26)32/h5-13,16-17,27H,3-4,14-15,18-19H2,1-2H3,(H,34,38)/t27-/m0/s1. The number of hydrogen-bond donors (Lipinski definition) is 1. The molecule has 0 radical (unpaired) electrons. The zero-order chi connectivity index (χ0) is 30.2. The van der Waals surface area contributed by atoms with E-state index < -0.39 is 28.5 Å². The smallest absolute Gasteiger partial charge is 0.244 e. The van der Waals surface area contributed by atoms with Crippen LogP contribution in [0.2, 0.25) is 20.1 Å². The van der Waals surface area contributed by atoms with E-state index in [0.717, 1.165) is 29.0 Å². The summed E-state index contributed by atoms with van der Waals surface area (Å²) in [4.78, 5) is 29.1. The number of carbonyl (C=O) groups is 2. The molecule has 3 rings (SSSR count). The van der Waals surface area contributed by atoms with Crippen molar-refractivity contribution in [1.82, 2.24) is 10.2 Å². The number of unbranched alkanes of at least 4 members (excludes halogenated alkanes) is 1. The van der Waals surface area contributed by atoms with Crippen LogP contribution in [0.4, 0.5) is 5.69 Å². The van der Waals surface area contributed by atoms with Crippen LogP contribution in [0.1, 0.15) is 30.9 Å². The van der Waals surface area contributed by atoms with Gasteiger partial charge in [-0.15, -0.1) is 0 Å². The third-order valence-corrected chi connectivity index (χ3v) is 8.58. The predicted molar refractivity (Wildman–Crippen MR) is 168 cm³/mol. The van der Waals surface area contributed by atoms with Gasteiger partial charge in [0.15, 0.2) is 0 Å². The molecule has 3 aromatic rings. The Kier molecular flexibility index (Phi) is 12.2. The summed E-state index contributed by atoms with van der Waals surface area (Å²) in [5.74, 6) is -1.00. The maximum atomic E-state index is 14.1. The average molecular weight is 659 g/mol. The van der Waals surface area contributed by atoms with Crippen molar-refractivity contribution in [3.8, 4) is 0 Å². The Morgan fingerprint density at radius 3 is 2.20 bits per heavy atom. The van der Waals surface area contributed by atoms with Crippen molar-refractivity contribution < 1.29 is 18.0 Å². The molecule has 0 aromatic heterocycles. The van der Waals surface area contributed by atoms with Gasteiger partial charge in [-0.05, 0) is 47.9 Å². The molecule has 0 aliphatic rings. The largest absolute Gasteiger partial charge is 0.354 e. The lowest BCUT2D eigenvalue weighted by atomic mass is 10.0. The SMILES string of the molecule is CCCCNC(=O)[C@H](Cc1ccccc1)N(Cc1ccc(Cl)cc1Cl)C(=O)CN(c1cc(Cl)ccc1Cl)S(C)(=O)=O. The van der Waals surface area contributed by atoms with Gasteiger partial charge in [0, 0.05) is 34.6 Å². The number of benzene rings is 3. The number of nitrogens with one attached hydrogen (secondary N) is 1. The summed E-state index contributed by atoms with van der Waals surface area (Å²) in [6.07, 6.45) is 2.79. The van der Waals surface area contributed by atoms with Crippen molar-refractivity contribution in [2.45, 2.75) is 38.8 Å². The first-order chi connectivity index (χ1) is 19.4. The fourth-order valence-corrected chi connectivity index (χ4v) is 5.92. The van der Waals surface area contributed by atoms with Crippen molar-refractivity contribution in [2.24, 2.45) is 0 Å². The first kappa shape index (κ1) is 33.0. The van der Waals surface area contributed by atoms with Gasteiger partial charge in [0.1, 0.15) is 12.6 Å². The molecule has 2 amide bonds. The fraction of sp³-hybridized carbons (Fsp3) is 0.310. The average Bonchev–Trinajstić information content (AvgIpc) is 2.91. The quantitative estimate of drug-likeness (QED) is 0.209. The number of hydrogen-bond acceptors (Lipinski definition) is 4. The van der Waals surface area contributed by atoms with Crippen molar-refractivity contribution >= 4 is 73.9 Å². The monoisotopic (exact) mass is 657 g/mol. The molecule has 3 aromatic carbocycles. The Morgan fingerprint density at radius 1 is 0.902 bits per heavy atom. The van der Waals surface area contributed by atoms with E-state index in [1.807, 2.05) is 37.3 Å². The highest BCUT2D eigenvalue weighted by Crippen LogP contribution is 2.31. The molecule has 0 unspecified atom stereocenters. The van der Waals surface area contributed by atoms with Crippen molar-refractivity contribution in [2.75, 3.05) is 23.7 Å². The highest BCUT2D eigenvalue weighted by molar-refractivity contribution is 7.92. The van der Waals surface area contributed by atoms with Gasteiger partial charge in [-0.3, -0.25) is 13.9 Å². The van der Waals surface area contributed by atoms with Crippen molar-refractivity contribution in [3.05, 3.63) is 97.9 Å². The lowest BCUT2D eigenvalue weighted by molar-refractivity contribution is -0.140. The van der Waals surface area contributed by atoms with Gasteiger partial charge in [0.05, 0.1) is 17.0 Å². The van der Waals surface area contributed by atoms with Crippen LogP contribution in [0.25, 0.3) is 0 Å².